The zero-order chi connectivity index (χ0) is 24.0. The Kier molecular flexibility index (Phi) is 8.51. The van der Waals surface area contributed by atoms with Gasteiger partial charge < -0.3 is 20.1 Å². The molecule has 0 unspecified atom stereocenters. The minimum Gasteiger partial charge on any atom is -0.496 e. The topological polar surface area (TPSA) is 44.7 Å². The third kappa shape index (κ3) is 6.32. The summed E-state index contributed by atoms with van der Waals surface area (Å²) in [5.74, 6) is 0.856. The molecule has 0 aromatic heterocycles. The fourth-order valence-electron chi connectivity index (χ4n) is 4.58. The van der Waals surface area contributed by atoms with E-state index < -0.39 is 5.60 Å². The van der Waals surface area contributed by atoms with E-state index in [9.17, 15) is 5.11 Å². The summed E-state index contributed by atoms with van der Waals surface area (Å²) in [7, 11) is 1.70. The van der Waals surface area contributed by atoms with Gasteiger partial charge in [0.25, 0.3) is 0 Å². The van der Waals surface area contributed by atoms with Crippen molar-refractivity contribution in [3.63, 3.8) is 0 Å². The second kappa shape index (κ2) is 11.6. The van der Waals surface area contributed by atoms with Gasteiger partial charge in [-0.3, -0.25) is 0 Å². The minimum absolute atomic E-state index is 0.702. The van der Waals surface area contributed by atoms with Crippen LogP contribution in [0, 0.1) is 0 Å². The molecule has 0 spiro atoms. The van der Waals surface area contributed by atoms with E-state index in [1.165, 1.54) is 5.56 Å². The molecule has 180 valence electrons. The standard InChI is InChI=1S/C28H32Cl2N2O2/c1-34-27-12-3-21(19-26(27)22-4-8-24(29)9-5-22)20-31-15-2-16-32-17-13-28(33,14-18-32)23-6-10-25(30)11-7-23/h3-12,19,31,33H,2,13-18,20H2,1H3. The molecule has 0 radical (unpaired) electrons. The van der Waals surface area contributed by atoms with Crippen LogP contribution < -0.4 is 10.1 Å². The summed E-state index contributed by atoms with van der Waals surface area (Å²) in [4.78, 5) is 2.44. The lowest BCUT2D eigenvalue weighted by Gasteiger charge is -2.38. The van der Waals surface area contributed by atoms with Gasteiger partial charge in [0.2, 0.25) is 0 Å². The molecule has 0 atom stereocenters. The number of hydrogen-bond acceptors (Lipinski definition) is 4. The number of benzene rings is 3. The van der Waals surface area contributed by atoms with Crippen molar-refractivity contribution in [2.45, 2.75) is 31.4 Å². The van der Waals surface area contributed by atoms with Crippen molar-refractivity contribution in [1.82, 2.24) is 10.2 Å². The highest BCUT2D eigenvalue weighted by Crippen LogP contribution is 2.34. The van der Waals surface area contributed by atoms with Crippen LogP contribution in [0.1, 0.15) is 30.4 Å². The Labute approximate surface area is 212 Å². The molecule has 34 heavy (non-hydrogen) atoms. The zero-order valence-corrected chi connectivity index (χ0v) is 21.1. The molecule has 1 heterocycles. The van der Waals surface area contributed by atoms with Crippen LogP contribution in [0.2, 0.25) is 10.0 Å². The Morgan fingerprint density at radius 2 is 1.59 bits per heavy atom. The molecule has 1 aliphatic heterocycles. The Morgan fingerprint density at radius 1 is 0.941 bits per heavy atom. The highest BCUT2D eigenvalue weighted by Gasteiger charge is 2.33. The lowest BCUT2D eigenvalue weighted by Crippen LogP contribution is -2.43. The third-order valence-corrected chi connectivity index (χ3v) is 7.14. The summed E-state index contributed by atoms with van der Waals surface area (Å²) in [6.07, 6.45) is 2.57. The van der Waals surface area contributed by atoms with Gasteiger partial charge in [0.1, 0.15) is 5.75 Å². The molecule has 4 nitrogen and oxygen atoms in total. The molecule has 1 fully saturated rings. The van der Waals surface area contributed by atoms with Crippen molar-refractivity contribution >= 4 is 23.2 Å². The number of aliphatic hydroxyl groups is 1. The first-order valence-electron chi connectivity index (χ1n) is 11.8. The second-order valence-electron chi connectivity index (χ2n) is 8.95. The van der Waals surface area contributed by atoms with E-state index in [0.29, 0.717) is 5.02 Å². The maximum Gasteiger partial charge on any atom is 0.126 e. The first-order valence-corrected chi connectivity index (χ1v) is 12.6. The highest BCUT2D eigenvalue weighted by atomic mass is 35.5. The second-order valence-corrected chi connectivity index (χ2v) is 9.82. The molecule has 1 aliphatic rings. The number of halogens is 2. The van der Waals surface area contributed by atoms with E-state index in [2.05, 4.69) is 22.3 Å². The van der Waals surface area contributed by atoms with Gasteiger partial charge >= 0.3 is 0 Å². The highest BCUT2D eigenvalue weighted by molar-refractivity contribution is 6.30. The Bertz CT molecular complexity index is 1060. The average molecular weight is 499 g/mol. The number of nitrogens with zero attached hydrogens (tertiary/aromatic N) is 1. The summed E-state index contributed by atoms with van der Waals surface area (Å²) in [5.41, 5.74) is 3.61. The fraction of sp³-hybridized carbons (Fsp3) is 0.357. The van der Waals surface area contributed by atoms with Crippen LogP contribution in [0.4, 0.5) is 0 Å². The van der Waals surface area contributed by atoms with E-state index in [-0.39, 0.29) is 0 Å². The molecule has 0 saturated carbocycles. The van der Waals surface area contributed by atoms with Crippen molar-refractivity contribution in [3.8, 4) is 16.9 Å². The van der Waals surface area contributed by atoms with Gasteiger partial charge in [-0.1, -0.05) is 53.5 Å². The predicted molar refractivity (Wildman–Crippen MR) is 141 cm³/mol. The van der Waals surface area contributed by atoms with Gasteiger partial charge in [0, 0.05) is 35.2 Å². The molecular formula is C28H32Cl2N2O2. The summed E-state index contributed by atoms with van der Waals surface area (Å²) in [5, 5.41) is 16.0. The summed E-state index contributed by atoms with van der Waals surface area (Å²) < 4.78 is 5.56. The first-order chi connectivity index (χ1) is 16.5. The van der Waals surface area contributed by atoms with Crippen LogP contribution in [0.25, 0.3) is 11.1 Å². The number of likely N-dealkylation sites (tertiary alicyclic amines) is 1. The van der Waals surface area contributed by atoms with Crippen LogP contribution in [-0.4, -0.2) is 43.3 Å². The maximum atomic E-state index is 11.0. The summed E-state index contributed by atoms with van der Waals surface area (Å²) in [6.45, 7) is 4.59. The number of hydrogen-bond donors (Lipinski definition) is 2. The van der Waals surface area contributed by atoms with Crippen molar-refractivity contribution in [3.05, 3.63) is 87.9 Å². The molecule has 0 bridgehead atoms. The lowest BCUT2D eigenvalue weighted by atomic mass is 9.84. The van der Waals surface area contributed by atoms with E-state index in [1.807, 2.05) is 54.6 Å². The van der Waals surface area contributed by atoms with Gasteiger partial charge in [0.05, 0.1) is 12.7 Å². The minimum atomic E-state index is -0.741. The number of ether oxygens (including phenoxy) is 1. The maximum absolute atomic E-state index is 11.0. The Hall–Kier alpha value is -2.08. The molecule has 4 rings (SSSR count). The number of rotatable bonds is 9. The van der Waals surface area contributed by atoms with Gasteiger partial charge in [-0.25, -0.2) is 0 Å². The first kappa shape index (κ1) is 25.0. The molecule has 3 aromatic rings. The molecule has 0 aliphatic carbocycles. The van der Waals surface area contributed by atoms with Gasteiger partial charge in [-0.2, -0.15) is 0 Å². The van der Waals surface area contributed by atoms with Crippen LogP contribution in [0.3, 0.4) is 0 Å². The molecule has 3 aromatic carbocycles. The number of piperidine rings is 1. The predicted octanol–water partition coefficient (Wildman–Crippen LogP) is 6.13. The van der Waals surface area contributed by atoms with Crippen molar-refractivity contribution in [1.29, 1.82) is 0 Å². The lowest BCUT2D eigenvalue weighted by molar-refractivity contribution is -0.0259. The monoisotopic (exact) mass is 498 g/mol. The van der Waals surface area contributed by atoms with Gasteiger partial charge in [-0.15, -0.1) is 0 Å². The van der Waals surface area contributed by atoms with Crippen LogP contribution >= 0.6 is 23.2 Å². The smallest absolute Gasteiger partial charge is 0.126 e. The largest absolute Gasteiger partial charge is 0.496 e. The molecule has 6 heteroatoms. The molecule has 1 saturated heterocycles. The van der Waals surface area contributed by atoms with Crippen LogP contribution in [0.15, 0.2) is 66.7 Å². The summed E-state index contributed by atoms with van der Waals surface area (Å²) in [6, 6.07) is 21.7. The van der Waals surface area contributed by atoms with Crippen molar-refractivity contribution in [2.24, 2.45) is 0 Å². The van der Waals surface area contributed by atoms with E-state index in [4.69, 9.17) is 27.9 Å². The fourth-order valence-corrected chi connectivity index (χ4v) is 4.83. The van der Waals surface area contributed by atoms with Crippen molar-refractivity contribution in [2.75, 3.05) is 33.3 Å². The SMILES string of the molecule is COc1ccc(CNCCCN2CCC(O)(c3ccc(Cl)cc3)CC2)cc1-c1ccc(Cl)cc1. The average Bonchev–Trinajstić information content (AvgIpc) is 2.86. The third-order valence-electron chi connectivity index (χ3n) is 6.64. The normalized spacial score (nSPS) is 15.9. The van der Waals surface area contributed by atoms with Gasteiger partial charge in [0.15, 0.2) is 0 Å². The van der Waals surface area contributed by atoms with Crippen LogP contribution in [-0.2, 0) is 12.1 Å². The number of methoxy groups -OCH3 is 1. The van der Waals surface area contributed by atoms with Crippen LogP contribution in [0.5, 0.6) is 5.75 Å². The molecule has 2 N–H and O–H groups in total. The number of nitrogens with one attached hydrogen (secondary N) is 1. The van der Waals surface area contributed by atoms with Gasteiger partial charge in [-0.05, 0) is 85.4 Å². The van der Waals surface area contributed by atoms with Crippen molar-refractivity contribution < 1.29 is 9.84 Å². The Morgan fingerprint density at radius 3 is 2.24 bits per heavy atom. The quantitative estimate of drug-likeness (QED) is 0.348. The summed E-state index contributed by atoms with van der Waals surface area (Å²) >= 11 is 12.0. The zero-order valence-electron chi connectivity index (χ0n) is 19.6. The van der Waals surface area contributed by atoms with E-state index >= 15 is 0 Å². The molecular weight excluding hydrogens is 467 g/mol. The Balaban J connectivity index is 1.22. The van der Waals surface area contributed by atoms with E-state index in [1.54, 1.807) is 7.11 Å². The van der Waals surface area contributed by atoms with E-state index in [0.717, 1.165) is 79.4 Å². The molecule has 0 amide bonds.